The van der Waals surface area contributed by atoms with Crippen LogP contribution in [0.25, 0.3) is 0 Å². The van der Waals surface area contributed by atoms with E-state index in [2.05, 4.69) is 29.3 Å². The van der Waals surface area contributed by atoms with Crippen LogP contribution < -0.4 is 0 Å². The van der Waals surface area contributed by atoms with Crippen LogP contribution in [0.4, 0.5) is 0 Å². The lowest BCUT2D eigenvalue weighted by Crippen LogP contribution is -2.10. The van der Waals surface area contributed by atoms with E-state index < -0.39 is 0 Å². The first-order valence-electron chi connectivity index (χ1n) is 5.50. The van der Waals surface area contributed by atoms with Crippen LogP contribution in [0.15, 0.2) is 36.5 Å². The van der Waals surface area contributed by atoms with Crippen LogP contribution in [0.5, 0.6) is 0 Å². The number of rotatable bonds is 2. The normalized spacial score (nSPS) is 33.9. The molecule has 2 bridgehead atoms. The zero-order valence-corrected chi connectivity index (χ0v) is 8.26. The molecule has 1 nitrogen and oxygen atoms in total. The smallest absolute Gasteiger partial charge is 0.0406 e. The molecule has 0 saturated heterocycles. The van der Waals surface area contributed by atoms with Gasteiger partial charge in [0.15, 0.2) is 0 Å². The van der Waals surface area contributed by atoms with Gasteiger partial charge >= 0.3 is 0 Å². The molecule has 1 aromatic rings. The maximum Gasteiger partial charge on any atom is 0.0406 e. The fourth-order valence-electron chi connectivity index (χ4n) is 2.92. The van der Waals surface area contributed by atoms with Crippen molar-refractivity contribution in [1.82, 2.24) is 4.98 Å². The summed E-state index contributed by atoms with van der Waals surface area (Å²) in [5.74, 6) is 2.59. The second-order valence-corrected chi connectivity index (χ2v) is 4.57. The van der Waals surface area contributed by atoms with Crippen LogP contribution in [0.1, 0.15) is 18.5 Å². The van der Waals surface area contributed by atoms with Crippen molar-refractivity contribution in [3.8, 4) is 0 Å². The molecule has 14 heavy (non-hydrogen) atoms. The van der Waals surface area contributed by atoms with E-state index in [0.717, 1.165) is 17.8 Å². The highest BCUT2D eigenvalue weighted by Gasteiger charge is 2.35. The second kappa shape index (κ2) is 3.23. The summed E-state index contributed by atoms with van der Waals surface area (Å²) < 4.78 is 0. The lowest BCUT2D eigenvalue weighted by atomic mass is 9.89. The minimum absolute atomic E-state index is 0.849. The third-order valence-electron chi connectivity index (χ3n) is 3.61. The van der Waals surface area contributed by atoms with E-state index in [1.165, 1.54) is 25.0 Å². The Morgan fingerprint density at radius 1 is 1.21 bits per heavy atom. The van der Waals surface area contributed by atoms with Crippen LogP contribution in [0, 0.1) is 17.8 Å². The van der Waals surface area contributed by atoms with E-state index in [4.69, 9.17) is 0 Å². The zero-order valence-electron chi connectivity index (χ0n) is 8.26. The van der Waals surface area contributed by atoms with Gasteiger partial charge in [0.05, 0.1) is 0 Å². The lowest BCUT2D eigenvalue weighted by molar-refractivity contribution is 0.441. The van der Waals surface area contributed by atoms with Gasteiger partial charge in [0.1, 0.15) is 0 Å². The highest BCUT2D eigenvalue weighted by molar-refractivity contribution is 5.13. The third kappa shape index (κ3) is 1.37. The summed E-state index contributed by atoms with van der Waals surface area (Å²) in [6, 6.07) is 6.23. The molecule has 1 heterocycles. The maximum absolute atomic E-state index is 4.40. The Hall–Kier alpha value is -1.11. The molecule has 1 fully saturated rings. The third-order valence-corrected chi connectivity index (χ3v) is 3.61. The van der Waals surface area contributed by atoms with Crippen molar-refractivity contribution in [1.29, 1.82) is 0 Å². The molecule has 0 amide bonds. The molecule has 3 atom stereocenters. The van der Waals surface area contributed by atoms with Crippen molar-refractivity contribution in [3.63, 3.8) is 0 Å². The minimum atomic E-state index is 0.849. The van der Waals surface area contributed by atoms with Gasteiger partial charge in [-0.2, -0.15) is 0 Å². The second-order valence-electron chi connectivity index (χ2n) is 4.57. The molecule has 0 radical (unpaired) electrons. The Bertz CT molecular complexity index is 342. The number of aromatic nitrogens is 1. The quantitative estimate of drug-likeness (QED) is 0.646. The summed E-state index contributed by atoms with van der Waals surface area (Å²) in [6.45, 7) is 0. The molecule has 72 valence electrons. The molecule has 1 saturated carbocycles. The van der Waals surface area contributed by atoms with Crippen LogP contribution in [0.3, 0.4) is 0 Å². The van der Waals surface area contributed by atoms with Gasteiger partial charge in [-0.25, -0.2) is 0 Å². The molecule has 0 spiro atoms. The topological polar surface area (TPSA) is 12.9 Å². The first-order valence-corrected chi connectivity index (χ1v) is 5.50. The number of fused-ring (bicyclic) bond motifs is 2. The zero-order chi connectivity index (χ0) is 9.38. The molecule has 0 N–H and O–H groups in total. The molecule has 3 rings (SSSR count). The molecular weight excluding hydrogens is 170 g/mol. The van der Waals surface area contributed by atoms with E-state index in [9.17, 15) is 0 Å². The summed E-state index contributed by atoms with van der Waals surface area (Å²) in [6.07, 6.45) is 10.7. The van der Waals surface area contributed by atoms with Crippen LogP contribution in [0.2, 0.25) is 0 Å². The van der Waals surface area contributed by atoms with Gasteiger partial charge in [0, 0.05) is 11.9 Å². The SMILES string of the molecule is C1=CC2CC1CC2Cc1ccccn1. The summed E-state index contributed by atoms with van der Waals surface area (Å²) in [4.78, 5) is 4.40. The summed E-state index contributed by atoms with van der Waals surface area (Å²) in [5, 5.41) is 0. The Labute approximate surface area is 84.9 Å². The molecule has 2 aliphatic carbocycles. The standard InChI is InChI=1S/C13H15N/c1-2-6-14-13(3-1)9-12-8-10-4-5-11(12)7-10/h1-6,10-12H,7-9H2. The Morgan fingerprint density at radius 2 is 2.21 bits per heavy atom. The van der Waals surface area contributed by atoms with E-state index in [1.54, 1.807) is 0 Å². The highest BCUT2D eigenvalue weighted by atomic mass is 14.7. The number of pyridine rings is 1. The molecular formula is C13H15N. The summed E-state index contributed by atoms with van der Waals surface area (Å²) in [7, 11) is 0. The highest BCUT2D eigenvalue weighted by Crippen LogP contribution is 2.44. The molecule has 0 aliphatic heterocycles. The van der Waals surface area contributed by atoms with Gasteiger partial charge < -0.3 is 0 Å². The van der Waals surface area contributed by atoms with Gasteiger partial charge in [-0.3, -0.25) is 4.98 Å². The number of hydrogen-bond acceptors (Lipinski definition) is 1. The van der Waals surface area contributed by atoms with Gasteiger partial charge in [0.2, 0.25) is 0 Å². The van der Waals surface area contributed by atoms with Crippen molar-refractivity contribution < 1.29 is 0 Å². The van der Waals surface area contributed by atoms with Gasteiger partial charge in [-0.15, -0.1) is 0 Å². The van der Waals surface area contributed by atoms with Crippen molar-refractivity contribution in [2.45, 2.75) is 19.3 Å². The maximum atomic E-state index is 4.40. The molecule has 0 aromatic carbocycles. The number of nitrogens with zero attached hydrogens (tertiary/aromatic N) is 1. The Balaban J connectivity index is 1.72. The van der Waals surface area contributed by atoms with Gasteiger partial charge in [0.25, 0.3) is 0 Å². The van der Waals surface area contributed by atoms with E-state index in [-0.39, 0.29) is 0 Å². The number of allylic oxidation sites excluding steroid dienone is 2. The molecule has 1 heteroatoms. The summed E-state index contributed by atoms with van der Waals surface area (Å²) in [5.41, 5.74) is 1.26. The monoisotopic (exact) mass is 185 g/mol. The van der Waals surface area contributed by atoms with Crippen molar-refractivity contribution >= 4 is 0 Å². The average molecular weight is 185 g/mol. The largest absolute Gasteiger partial charge is 0.261 e. The molecule has 1 aromatic heterocycles. The van der Waals surface area contributed by atoms with Crippen molar-refractivity contribution in [3.05, 3.63) is 42.2 Å². The predicted octanol–water partition coefficient (Wildman–Crippen LogP) is 2.84. The number of hydrogen-bond donors (Lipinski definition) is 0. The van der Waals surface area contributed by atoms with Gasteiger partial charge in [-0.1, -0.05) is 18.2 Å². The van der Waals surface area contributed by atoms with Crippen LogP contribution in [-0.2, 0) is 6.42 Å². The lowest BCUT2D eigenvalue weighted by Gasteiger charge is -2.17. The summed E-state index contributed by atoms with van der Waals surface area (Å²) >= 11 is 0. The van der Waals surface area contributed by atoms with E-state index >= 15 is 0 Å². The predicted molar refractivity (Wildman–Crippen MR) is 56.8 cm³/mol. The fraction of sp³-hybridized carbons (Fsp3) is 0.462. The fourth-order valence-corrected chi connectivity index (χ4v) is 2.92. The van der Waals surface area contributed by atoms with Crippen molar-refractivity contribution in [2.24, 2.45) is 17.8 Å². The first-order chi connectivity index (χ1) is 6.92. The minimum Gasteiger partial charge on any atom is -0.261 e. The Morgan fingerprint density at radius 3 is 2.86 bits per heavy atom. The van der Waals surface area contributed by atoms with Crippen LogP contribution in [-0.4, -0.2) is 4.98 Å². The van der Waals surface area contributed by atoms with Crippen molar-refractivity contribution in [2.75, 3.05) is 0 Å². The molecule has 3 unspecified atom stereocenters. The van der Waals surface area contributed by atoms with Gasteiger partial charge in [-0.05, 0) is 49.1 Å². The van der Waals surface area contributed by atoms with E-state index in [1.807, 2.05) is 12.3 Å². The average Bonchev–Trinajstić information content (AvgIpc) is 2.81. The van der Waals surface area contributed by atoms with E-state index in [0.29, 0.717) is 0 Å². The van der Waals surface area contributed by atoms with Crippen LogP contribution >= 0.6 is 0 Å². The Kier molecular flexibility index (Phi) is 1.90. The molecule has 2 aliphatic rings. The first kappa shape index (κ1) is 8.22.